The van der Waals surface area contributed by atoms with Gasteiger partial charge in [0.05, 0.1) is 24.5 Å². The van der Waals surface area contributed by atoms with Gasteiger partial charge in [0.1, 0.15) is 17.2 Å². The number of carbonyl (C=O) groups is 2. The first kappa shape index (κ1) is 22.4. The lowest BCUT2D eigenvalue weighted by atomic mass is 10.0. The third-order valence-corrected chi connectivity index (χ3v) is 4.85. The number of imide groups is 1. The lowest BCUT2D eigenvalue weighted by Gasteiger charge is -2.18. The number of carbonyl (C=O) groups excluding carboxylic acids is 2. The van der Waals surface area contributed by atoms with Crippen LogP contribution in [-0.2, 0) is 9.59 Å². The molecule has 0 atom stereocenters. The van der Waals surface area contributed by atoms with Crippen LogP contribution in [0.25, 0.3) is 5.57 Å². The maximum absolute atomic E-state index is 13.3. The highest BCUT2D eigenvalue weighted by Crippen LogP contribution is 2.34. The number of rotatable bonds is 8. The number of amides is 2. The van der Waals surface area contributed by atoms with Crippen molar-refractivity contribution in [1.82, 2.24) is 4.90 Å². The fraction of sp³-hybridized carbons (Fsp3) is 0.360. The van der Waals surface area contributed by atoms with Crippen molar-refractivity contribution in [2.24, 2.45) is 5.92 Å². The summed E-state index contributed by atoms with van der Waals surface area (Å²) in [5.74, 6) is 0.833. The van der Waals surface area contributed by atoms with Crippen molar-refractivity contribution in [2.75, 3.05) is 19.0 Å². The number of hydrogen-bond acceptors (Lipinski definition) is 5. The molecule has 2 aromatic rings. The number of nitrogens with one attached hydrogen (secondary N) is 1. The SMILES string of the molecule is COc1ccc(C)cc1NC1=C(c2ccc(OC(C)C)cc2)C(=O)N(CC(C)C)C1=O. The summed E-state index contributed by atoms with van der Waals surface area (Å²) in [5, 5.41) is 3.19. The first-order valence-corrected chi connectivity index (χ1v) is 10.5. The third-order valence-electron chi connectivity index (χ3n) is 4.85. The smallest absolute Gasteiger partial charge is 0.278 e. The first-order valence-electron chi connectivity index (χ1n) is 10.5. The minimum Gasteiger partial charge on any atom is -0.495 e. The largest absolute Gasteiger partial charge is 0.495 e. The van der Waals surface area contributed by atoms with Crippen molar-refractivity contribution in [3.63, 3.8) is 0 Å². The van der Waals surface area contributed by atoms with E-state index in [1.807, 2.05) is 77.1 Å². The fourth-order valence-corrected chi connectivity index (χ4v) is 3.52. The lowest BCUT2D eigenvalue weighted by Crippen LogP contribution is -2.35. The molecule has 0 aromatic heterocycles. The average Bonchev–Trinajstić information content (AvgIpc) is 2.92. The molecule has 0 bridgehead atoms. The van der Waals surface area contributed by atoms with E-state index in [4.69, 9.17) is 9.47 Å². The third kappa shape index (κ3) is 4.90. The summed E-state index contributed by atoms with van der Waals surface area (Å²) < 4.78 is 11.2. The van der Waals surface area contributed by atoms with Crippen LogP contribution in [-0.4, -0.2) is 36.5 Å². The number of benzene rings is 2. The second kappa shape index (κ2) is 9.25. The molecule has 1 aliphatic heterocycles. The van der Waals surface area contributed by atoms with E-state index in [9.17, 15) is 9.59 Å². The molecule has 3 rings (SSSR count). The molecule has 0 saturated heterocycles. The molecule has 0 spiro atoms. The second-order valence-electron chi connectivity index (χ2n) is 8.38. The molecule has 0 unspecified atom stereocenters. The molecule has 164 valence electrons. The van der Waals surface area contributed by atoms with E-state index in [1.54, 1.807) is 7.11 Å². The van der Waals surface area contributed by atoms with Crippen LogP contribution in [0.4, 0.5) is 5.69 Å². The Balaban J connectivity index is 2.06. The van der Waals surface area contributed by atoms with Crippen LogP contribution in [0.2, 0.25) is 0 Å². The number of hydrogen-bond donors (Lipinski definition) is 1. The van der Waals surface area contributed by atoms with E-state index in [1.165, 1.54) is 4.90 Å². The molecule has 1 heterocycles. The summed E-state index contributed by atoms with van der Waals surface area (Å²) in [5.41, 5.74) is 2.92. The number of nitrogens with zero attached hydrogens (tertiary/aromatic N) is 1. The highest BCUT2D eigenvalue weighted by Gasteiger charge is 2.39. The summed E-state index contributed by atoms with van der Waals surface area (Å²) in [7, 11) is 1.57. The van der Waals surface area contributed by atoms with Gasteiger partial charge in [-0.3, -0.25) is 14.5 Å². The topological polar surface area (TPSA) is 67.9 Å². The summed E-state index contributed by atoms with van der Waals surface area (Å²) in [6.07, 6.45) is 0.0484. The predicted molar refractivity (Wildman–Crippen MR) is 122 cm³/mol. The van der Waals surface area contributed by atoms with E-state index in [-0.39, 0.29) is 29.5 Å². The molecule has 1 N–H and O–H groups in total. The minimum absolute atomic E-state index is 0.0484. The summed E-state index contributed by atoms with van der Waals surface area (Å²) >= 11 is 0. The van der Waals surface area contributed by atoms with Gasteiger partial charge in [0.15, 0.2) is 0 Å². The van der Waals surface area contributed by atoms with Crippen molar-refractivity contribution >= 4 is 23.1 Å². The zero-order valence-corrected chi connectivity index (χ0v) is 19.0. The normalized spacial score (nSPS) is 14.1. The Morgan fingerprint density at radius 2 is 1.65 bits per heavy atom. The van der Waals surface area contributed by atoms with E-state index in [2.05, 4.69) is 5.32 Å². The first-order chi connectivity index (χ1) is 14.7. The average molecular weight is 423 g/mol. The highest BCUT2D eigenvalue weighted by atomic mass is 16.5. The quantitative estimate of drug-likeness (QED) is 0.628. The van der Waals surface area contributed by atoms with Crippen molar-refractivity contribution in [3.05, 3.63) is 59.3 Å². The lowest BCUT2D eigenvalue weighted by molar-refractivity contribution is -0.137. The van der Waals surface area contributed by atoms with Crippen molar-refractivity contribution in [2.45, 2.75) is 40.7 Å². The van der Waals surface area contributed by atoms with Gasteiger partial charge in [-0.2, -0.15) is 0 Å². The van der Waals surface area contributed by atoms with Crippen LogP contribution in [0.15, 0.2) is 48.2 Å². The van der Waals surface area contributed by atoms with Gasteiger partial charge in [-0.1, -0.05) is 32.0 Å². The standard InChI is InChI=1S/C25H30N2O4/c1-15(2)14-27-24(28)22(18-8-10-19(11-9-18)31-16(3)4)23(25(27)29)26-20-13-17(5)7-12-21(20)30-6/h7-13,15-16,26H,14H2,1-6H3. The predicted octanol–water partition coefficient (Wildman–Crippen LogP) is 4.64. The van der Waals surface area contributed by atoms with Crippen LogP contribution in [0.5, 0.6) is 11.5 Å². The van der Waals surface area contributed by atoms with Gasteiger partial charge in [0, 0.05) is 6.54 Å². The molecule has 0 saturated carbocycles. The molecule has 31 heavy (non-hydrogen) atoms. The van der Waals surface area contributed by atoms with E-state index >= 15 is 0 Å². The Morgan fingerprint density at radius 1 is 0.968 bits per heavy atom. The molecule has 2 aromatic carbocycles. The second-order valence-corrected chi connectivity index (χ2v) is 8.38. The van der Waals surface area contributed by atoms with Gasteiger partial charge in [-0.05, 0) is 62.1 Å². The molecular weight excluding hydrogens is 392 g/mol. The van der Waals surface area contributed by atoms with Crippen LogP contribution < -0.4 is 14.8 Å². The molecule has 0 aliphatic carbocycles. The maximum atomic E-state index is 13.3. The minimum atomic E-state index is -0.334. The molecule has 6 nitrogen and oxygen atoms in total. The monoisotopic (exact) mass is 422 g/mol. The van der Waals surface area contributed by atoms with Crippen LogP contribution in [0, 0.1) is 12.8 Å². The van der Waals surface area contributed by atoms with E-state index in [0.29, 0.717) is 34.9 Å². The zero-order chi connectivity index (χ0) is 22.7. The van der Waals surface area contributed by atoms with E-state index in [0.717, 1.165) is 5.56 Å². The van der Waals surface area contributed by atoms with Crippen LogP contribution >= 0.6 is 0 Å². The number of methoxy groups -OCH3 is 1. The molecule has 0 fully saturated rings. The Labute approximate surface area is 183 Å². The Hall–Kier alpha value is -3.28. The van der Waals surface area contributed by atoms with Crippen molar-refractivity contribution < 1.29 is 19.1 Å². The van der Waals surface area contributed by atoms with Crippen LogP contribution in [0.1, 0.15) is 38.8 Å². The number of ether oxygens (including phenoxy) is 2. The summed E-state index contributed by atoms with van der Waals surface area (Å²) in [6, 6.07) is 12.9. The van der Waals surface area contributed by atoms with Crippen molar-refractivity contribution in [1.29, 1.82) is 0 Å². The fourth-order valence-electron chi connectivity index (χ4n) is 3.52. The Morgan fingerprint density at radius 3 is 2.23 bits per heavy atom. The Bertz CT molecular complexity index is 1010. The zero-order valence-electron chi connectivity index (χ0n) is 19.0. The molecule has 0 radical (unpaired) electrons. The highest BCUT2D eigenvalue weighted by molar-refractivity contribution is 6.36. The van der Waals surface area contributed by atoms with Gasteiger partial charge in [0.2, 0.25) is 0 Å². The maximum Gasteiger partial charge on any atom is 0.278 e. The van der Waals surface area contributed by atoms with Gasteiger partial charge >= 0.3 is 0 Å². The van der Waals surface area contributed by atoms with Gasteiger partial charge in [0.25, 0.3) is 11.8 Å². The van der Waals surface area contributed by atoms with Crippen LogP contribution in [0.3, 0.4) is 0 Å². The molecular formula is C25H30N2O4. The summed E-state index contributed by atoms with van der Waals surface area (Å²) in [6.45, 7) is 10.2. The number of anilines is 1. The molecule has 1 aliphatic rings. The van der Waals surface area contributed by atoms with E-state index < -0.39 is 0 Å². The summed E-state index contributed by atoms with van der Waals surface area (Å²) in [4.78, 5) is 27.8. The molecule has 2 amide bonds. The van der Waals surface area contributed by atoms with Gasteiger partial charge in [-0.25, -0.2) is 0 Å². The van der Waals surface area contributed by atoms with Gasteiger partial charge < -0.3 is 14.8 Å². The Kier molecular flexibility index (Phi) is 6.68. The molecule has 6 heteroatoms. The number of aryl methyl sites for hydroxylation is 1. The van der Waals surface area contributed by atoms with Crippen molar-refractivity contribution in [3.8, 4) is 11.5 Å². The van der Waals surface area contributed by atoms with Gasteiger partial charge in [-0.15, -0.1) is 0 Å².